The first-order chi connectivity index (χ1) is 9.47. The second-order valence-electron chi connectivity index (χ2n) is 4.58. The maximum atomic E-state index is 13.5. The van der Waals surface area contributed by atoms with E-state index >= 15 is 0 Å². The largest absolute Gasteiger partial charge is 0.324 e. The first-order valence-electron chi connectivity index (χ1n) is 6.21. The number of nitrogens with zero attached hydrogens (tertiary/aromatic N) is 2. The van der Waals surface area contributed by atoms with E-state index < -0.39 is 5.82 Å². The van der Waals surface area contributed by atoms with Crippen LogP contribution in [0.3, 0.4) is 0 Å². The fourth-order valence-electron chi connectivity index (χ4n) is 1.80. The minimum atomic E-state index is -0.442. The molecule has 20 heavy (non-hydrogen) atoms. The van der Waals surface area contributed by atoms with Crippen LogP contribution in [0.1, 0.15) is 17.7 Å². The second-order valence-corrected chi connectivity index (χ2v) is 4.99. The molecule has 0 fully saturated rings. The van der Waals surface area contributed by atoms with Crippen molar-refractivity contribution in [2.24, 2.45) is 0 Å². The van der Waals surface area contributed by atoms with Crippen LogP contribution in [0.15, 0.2) is 24.4 Å². The van der Waals surface area contributed by atoms with Crippen molar-refractivity contribution in [1.82, 2.24) is 9.78 Å². The molecule has 0 atom stereocenters. The van der Waals surface area contributed by atoms with Crippen LogP contribution < -0.4 is 5.32 Å². The van der Waals surface area contributed by atoms with Crippen molar-refractivity contribution in [1.29, 1.82) is 0 Å². The minimum Gasteiger partial charge on any atom is -0.324 e. The van der Waals surface area contributed by atoms with Crippen LogP contribution in [-0.4, -0.2) is 15.7 Å². The highest BCUT2D eigenvalue weighted by Crippen LogP contribution is 2.16. The van der Waals surface area contributed by atoms with Crippen molar-refractivity contribution < 1.29 is 9.18 Å². The van der Waals surface area contributed by atoms with E-state index in [0.717, 1.165) is 11.3 Å². The average molecular weight is 296 g/mol. The van der Waals surface area contributed by atoms with Crippen molar-refractivity contribution in [3.05, 3.63) is 46.5 Å². The molecule has 6 heteroatoms. The normalized spacial score (nSPS) is 10.6. The van der Waals surface area contributed by atoms with Gasteiger partial charge in [-0.25, -0.2) is 4.39 Å². The van der Waals surface area contributed by atoms with Crippen molar-refractivity contribution >= 4 is 23.2 Å². The zero-order chi connectivity index (χ0) is 14.7. The molecule has 0 saturated carbocycles. The molecule has 1 heterocycles. The van der Waals surface area contributed by atoms with Gasteiger partial charge >= 0.3 is 0 Å². The number of benzene rings is 1. The van der Waals surface area contributed by atoms with Gasteiger partial charge in [-0.3, -0.25) is 9.48 Å². The maximum Gasteiger partial charge on any atom is 0.226 e. The zero-order valence-electron chi connectivity index (χ0n) is 11.3. The Morgan fingerprint density at radius 2 is 2.20 bits per heavy atom. The van der Waals surface area contributed by atoms with Crippen LogP contribution in [-0.2, 0) is 11.3 Å². The van der Waals surface area contributed by atoms with E-state index in [1.54, 1.807) is 16.8 Å². The summed E-state index contributed by atoms with van der Waals surface area (Å²) in [5.41, 5.74) is 1.89. The number of anilines is 1. The number of carbonyl (C=O) groups is 1. The average Bonchev–Trinajstić information content (AvgIpc) is 2.72. The number of aromatic nitrogens is 2. The van der Waals surface area contributed by atoms with Gasteiger partial charge in [0.15, 0.2) is 0 Å². The number of hydrogen-bond acceptors (Lipinski definition) is 2. The quantitative estimate of drug-likeness (QED) is 0.940. The van der Waals surface area contributed by atoms with Gasteiger partial charge in [0.05, 0.1) is 29.1 Å². The Kier molecular flexibility index (Phi) is 4.39. The minimum absolute atomic E-state index is 0.199. The molecule has 1 aromatic heterocycles. The van der Waals surface area contributed by atoms with Gasteiger partial charge in [0, 0.05) is 6.42 Å². The van der Waals surface area contributed by atoms with Crippen molar-refractivity contribution in [2.75, 3.05) is 5.32 Å². The second kappa shape index (κ2) is 6.05. The van der Waals surface area contributed by atoms with E-state index in [4.69, 9.17) is 11.6 Å². The lowest BCUT2D eigenvalue weighted by Gasteiger charge is -2.08. The van der Waals surface area contributed by atoms with Crippen LogP contribution in [0.4, 0.5) is 10.1 Å². The monoisotopic (exact) mass is 295 g/mol. The number of nitrogens with one attached hydrogen (secondary N) is 1. The molecule has 0 aliphatic rings. The molecular formula is C14H15ClFN3O. The molecule has 0 aliphatic heterocycles. The van der Waals surface area contributed by atoms with Crippen LogP contribution in [0.2, 0.25) is 5.02 Å². The molecule has 4 nitrogen and oxygen atoms in total. The molecule has 0 unspecified atom stereocenters. The SMILES string of the molecule is Cc1ccc(F)c(NC(=O)CCn2ncc(Cl)c2C)c1. The third kappa shape index (κ3) is 3.36. The lowest BCUT2D eigenvalue weighted by atomic mass is 10.2. The Balaban J connectivity index is 1.96. The molecule has 106 valence electrons. The first kappa shape index (κ1) is 14.5. The van der Waals surface area contributed by atoms with E-state index in [2.05, 4.69) is 10.4 Å². The van der Waals surface area contributed by atoms with E-state index in [1.165, 1.54) is 12.3 Å². The molecule has 0 spiro atoms. The van der Waals surface area contributed by atoms with Crippen LogP contribution in [0.25, 0.3) is 0 Å². The Labute approximate surface area is 121 Å². The van der Waals surface area contributed by atoms with Crippen molar-refractivity contribution in [3.63, 3.8) is 0 Å². The van der Waals surface area contributed by atoms with E-state index in [9.17, 15) is 9.18 Å². The van der Waals surface area contributed by atoms with Crippen molar-refractivity contribution in [3.8, 4) is 0 Å². The van der Waals surface area contributed by atoms with Gasteiger partial charge in [-0.2, -0.15) is 5.10 Å². The van der Waals surface area contributed by atoms with Crippen LogP contribution >= 0.6 is 11.6 Å². The first-order valence-corrected chi connectivity index (χ1v) is 6.59. The summed E-state index contributed by atoms with van der Waals surface area (Å²) in [4.78, 5) is 11.8. The molecular weight excluding hydrogens is 281 g/mol. The topological polar surface area (TPSA) is 46.9 Å². The Bertz CT molecular complexity index is 639. The molecule has 0 saturated heterocycles. The third-order valence-corrected chi connectivity index (χ3v) is 3.36. The van der Waals surface area contributed by atoms with Gasteiger partial charge in [-0.1, -0.05) is 17.7 Å². The summed E-state index contributed by atoms with van der Waals surface area (Å²) < 4.78 is 15.2. The predicted octanol–water partition coefficient (Wildman–Crippen LogP) is 3.32. The highest BCUT2D eigenvalue weighted by Gasteiger charge is 2.09. The third-order valence-electron chi connectivity index (χ3n) is 2.99. The van der Waals surface area contributed by atoms with Gasteiger partial charge in [0.1, 0.15) is 5.82 Å². The summed E-state index contributed by atoms with van der Waals surface area (Å²) in [5.74, 6) is -0.706. The number of carbonyl (C=O) groups excluding carboxylic acids is 1. The molecule has 2 aromatic rings. The van der Waals surface area contributed by atoms with Crippen molar-refractivity contribution in [2.45, 2.75) is 26.8 Å². The summed E-state index contributed by atoms with van der Waals surface area (Å²) in [6.45, 7) is 4.06. The summed E-state index contributed by atoms with van der Waals surface area (Å²) in [6.07, 6.45) is 1.74. The smallest absolute Gasteiger partial charge is 0.226 e. The maximum absolute atomic E-state index is 13.5. The summed E-state index contributed by atoms with van der Waals surface area (Å²) in [6, 6.07) is 4.59. The van der Waals surface area contributed by atoms with Crippen LogP contribution in [0.5, 0.6) is 0 Å². The molecule has 0 aliphatic carbocycles. The lowest BCUT2D eigenvalue weighted by molar-refractivity contribution is -0.116. The summed E-state index contributed by atoms with van der Waals surface area (Å²) >= 11 is 5.88. The van der Waals surface area contributed by atoms with E-state index in [-0.39, 0.29) is 18.0 Å². The number of aryl methyl sites for hydroxylation is 2. The summed E-state index contributed by atoms with van der Waals surface area (Å²) in [5, 5.41) is 7.18. The Morgan fingerprint density at radius 1 is 1.45 bits per heavy atom. The Hall–Kier alpha value is -1.88. The highest BCUT2D eigenvalue weighted by molar-refractivity contribution is 6.31. The highest BCUT2D eigenvalue weighted by atomic mass is 35.5. The summed E-state index contributed by atoms with van der Waals surface area (Å²) in [7, 11) is 0. The fraction of sp³-hybridized carbons (Fsp3) is 0.286. The molecule has 1 N–H and O–H groups in total. The molecule has 0 radical (unpaired) electrons. The predicted molar refractivity (Wildman–Crippen MR) is 76.4 cm³/mol. The van der Waals surface area contributed by atoms with Crippen LogP contribution in [0, 0.1) is 19.7 Å². The van der Waals surface area contributed by atoms with E-state index in [0.29, 0.717) is 11.6 Å². The number of amides is 1. The molecule has 0 bridgehead atoms. The number of rotatable bonds is 4. The number of hydrogen-bond donors (Lipinski definition) is 1. The van der Waals surface area contributed by atoms with E-state index in [1.807, 2.05) is 13.8 Å². The number of halogens is 2. The molecule has 1 amide bonds. The van der Waals surface area contributed by atoms with Gasteiger partial charge in [-0.05, 0) is 31.5 Å². The zero-order valence-corrected chi connectivity index (χ0v) is 12.0. The fourth-order valence-corrected chi connectivity index (χ4v) is 1.95. The lowest BCUT2D eigenvalue weighted by Crippen LogP contribution is -2.16. The van der Waals surface area contributed by atoms with Gasteiger partial charge < -0.3 is 5.32 Å². The molecule has 1 aromatic carbocycles. The van der Waals surface area contributed by atoms with Gasteiger partial charge in [0.2, 0.25) is 5.91 Å². The molecule has 2 rings (SSSR count). The standard InChI is InChI=1S/C14H15ClFN3O/c1-9-3-4-12(16)13(7-9)18-14(20)5-6-19-10(2)11(15)8-17-19/h3-4,7-8H,5-6H2,1-2H3,(H,18,20). The van der Waals surface area contributed by atoms with Gasteiger partial charge in [-0.15, -0.1) is 0 Å². The van der Waals surface area contributed by atoms with Gasteiger partial charge in [0.25, 0.3) is 0 Å². The Morgan fingerprint density at radius 3 is 2.85 bits per heavy atom.